The van der Waals surface area contributed by atoms with Crippen LogP contribution in [0.3, 0.4) is 0 Å². The maximum atomic E-state index is 12.3. The molecule has 1 aliphatic carbocycles. The molecule has 2 saturated heterocycles. The van der Waals surface area contributed by atoms with Crippen molar-refractivity contribution < 1.29 is 19.4 Å². The van der Waals surface area contributed by atoms with Crippen LogP contribution in [0.5, 0.6) is 0 Å². The molecule has 0 radical (unpaired) electrons. The van der Waals surface area contributed by atoms with Gasteiger partial charge in [0, 0.05) is 39.1 Å². The van der Waals surface area contributed by atoms with Crippen LogP contribution in [0.4, 0.5) is 0 Å². The molecule has 3 rings (SSSR count). The highest BCUT2D eigenvalue weighted by Crippen LogP contribution is 2.53. The molecular weight excluding hydrogens is 310 g/mol. The van der Waals surface area contributed by atoms with E-state index in [0.29, 0.717) is 45.6 Å². The number of carbonyl (C=O) groups is 2. The molecule has 0 unspecified atom stereocenters. The Labute approximate surface area is 143 Å². The minimum atomic E-state index is -0.531. The Morgan fingerprint density at radius 2 is 2.17 bits per heavy atom. The van der Waals surface area contributed by atoms with Gasteiger partial charge < -0.3 is 25.0 Å². The number of nitrogens with zero attached hydrogens (tertiary/aromatic N) is 2. The number of β-amino-alcohol motifs (C(OH)–C–C–N with tert-alkyl or cyclic N) is 1. The summed E-state index contributed by atoms with van der Waals surface area (Å²) in [5.41, 5.74) is 0.185. The summed E-state index contributed by atoms with van der Waals surface area (Å²) in [6.45, 7) is 4.21. The zero-order valence-corrected chi connectivity index (χ0v) is 14.5. The molecule has 0 aromatic heterocycles. The molecule has 0 bridgehead atoms. The molecule has 7 nitrogen and oxygen atoms in total. The minimum Gasteiger partial charge on any atom is -0.467 e. The molecule has 0 aromatic rings. The minimum absolute atomic E-state index is 0.00557. The fourth-order valence-corrected chi connectivity index (χ4v) is 3.98. The van der Waals surface area contributed by atoms with Gasteiger partial charge in [-0.25, -0.2) is 4.79 Å². The van der Waals surface area contributed by atoms with E-state index in [1.165, 1.54) is 7.11 Å². The molecule has 1 amide bonds. The van der Waals surface area contributed by atoms with Gasteiger partial charge in [0.05, 0.1) is 13.2 Å². The van der Waals surface area contributed by atoms with Crippen molar-refractivity contribution in [2.24, 2.45) is 5.41 Å². The number of hydrogen-bond donors (Lipinski definition) is 2. The van der Waals surface area contributed by atoms with Gasteiger partial charge in [-0.1, -0.05) is 0 Å². The molecular formula is C17H29N3O4. The molecule has 2 atom stereocenters. The number of aliphatic hydroxyl groups is 1. The second-order valence-electron chi connectivity index (χ2n) is 7.34. The largest absolute Gasteiger partial charge is 0.467 e. The maximum Gasteiger partial charge on any atom is 0.328 e. The predicted molar refractivity (Wildman–Crippen MR) is 88.4 cm³/mol. The van der Waals surface area contributed by atoms with Gasteiger partial charge in [-0.3, -0.25) is 4.79 Å². The Morgan fingerprint density at radius 1 is 1.38 bits per heavy atom. The first-order chi connectivity index (χ1) is 11.6. The highest BCUT2D eigenvalue weighted by atomic mass is 16.5. The molecule has 136 valence electrons. The lowest BCUT2D eigenvalue weighted by atomic mass is 9.90. The van der Waals surface area contributed by atoms with Crippen LogP contribution in [-0.2, 0) is 14.3 Å². The number of piperidine rings is 1. The number of likely N-dealkylation sites (tertiary alicyclic amines) is 1. The van der Waals surface area contributed by atoms with Crippen molar-refractivity contribution in [3.63, 3.8) is 0 Å². The zero-order chi connectivity index (χ0) is 17.2. The van der Waals surface area contributed by atoms with Crippen molar-refractivity contribution in [2.45, 2.75) is 44.2 Å². The summed E-state index contributed by atoms with van der Waals surface area (Å²) >= 11 is 0. The number of esters is 1. The van der Waals surface area contributed by atoms with Gasteiger partial charge in [-0.15, -0.1) is 0 Å². The fourth-order valence-electron chi connectivity index (χ4n) is 3.98. The van der Waals surface area contributed by atoms with Crippen molar-refractivity contribution in [1.82, 2.24) is 15.1 Å². The SMILES string of the molecule is COC(=O)[C@H](CCN1CCC2(CC2)[C@H](O)C1)N1CCNCCC1=O. The molecule has 0 aromatic carbocycles. The predicted octanol–water partition coefficient (Wildman–Crippen LogP) is -0.413. The van der Waals surface area contributed by atoms with Crippen LogP contribution in [0.2, 0.25) is 0 Å². The Hall–Kier alpha value is -1.18. The normalized spacial score (nSPS) is 28.5. The van der Waals surface area contributed by atoms with E-state index in [-0.39, 0.29) is 23.4 Å². The lowest BCUT2D eigenvalue weighted by molar-refractivity contribution is -0.153. The summed E-state index contributed by atoms with van der Waals surface area (Å²) < 4.78 is 4.94. The van der Waals surface area contributed by atoms with Gasteiger partial charge in [-0.05, 0) is 37.6 Å². The first-order valence-electron chi connectivity index (χ1n) is 9.04. The van der Waals surface area contributed by atoms with Crippen molar-refractivity contribution in [1.29, 1.82) is 0 Å². The van der Waals surface area contributed by atoms with E-state index in [9.17, 15) is 14.7 Å². The van der Waals surface area contributed by atoms with Crippen molar-refractivity contribution in [2.75, 3.05) is 46.4 Å². The average Bonchev–Trinajstić information content (AvgIpc) is 3.38. The van der Waals surface area contributed by atoms with Crippen molar-refractivity contribution >= 4 is 11.9 Å². The average molecular weight is 339 g/mol. The van der Waals surface area contributed by atoms with E-state index < -0.39 is 6.04 Å². The molecule has 1 saturated carbocycles. The number of carbonyl (C=O) groups excluding carboxylic acids is 2. The smallest absolute Gasteiger partial charge is 0.328 e. The van der Waals surface area contributed by atoms with E-state index in [1.807, 2.05) is 0 Å². The van der Waals surface area contributed by atoms with E-state index >= 15 is 0 Å². The number of hydrogen-bond acceptors (Lipinski definition) is 6. The van der Waals surface area contributed by atoms with Crippen LogP contribution >= 0.6 is 0 Å². The number of methoxy groups -OCH3 is 1. The Kier molecular flexibility index (Phi) is 5.42. The molecule has 2 N–H and O–H groups in total. The molecule has 7 heteroatoms. The van der Waals surface area contributed by atoms with Crippen LogP contribution < -0.4 is 5.32 Å². The van der Waals surface area contributed by atoms with Crippen LogP contribution in [-0.4, -0.2) is 85.3 Å². The summed E-state index contributed by atoms with van der Waals surface area (Å²) in [5.74, 6) is -0.340. The summed E-state index contributed by atoms with van der Waals surface area (Å²) in [4.78, 5) is 28.4. The van der Waals surface area contributed by atoms with Crippen molar-refractivity contribution in [3.8, 4) is 0 Å². The summed E-state index contributed by atoms with van der Waals surface area (Å²) in [6, 6.07) is -0.531. The van der Waals surface area contributed by atoms with Gasteiger partial charge >= 0.3 is 5.97 Å². The van der Waals surface area contributed by atoms with E-state index in [0.717, 1.165) is 25.8 Å². The first kappa shape index (κ1) is 17.6. The quantitative estimate of drug-likeness (QED) is 0.663. The Balaban J connectivity index is 1.58. The van der Waals surface area contributed by atoms with Crippen LogP contribution in [0.15, 0.2) is 0 Å². The van der Waals surface area contributed by atoms with Crippen molar-refractivity contribution in [3.05, 3.63) is 0 Å². The number of nitrogens with one attached hydrogen (secondary N) is 1. The zero-order valence-electron chi connectivity index (χ0n) is 14.5. The standard InChI is InChI=1S/C17H29N3O4/c1-24-16(23)13(20-11-8-18-7-2-15(20)22)3-9-19-10-6-17(4-5-17)14(21)12-19/h13-14,18,21H,2-12H2,1H3/t13-,14+/m0/s1. The molecule has 24 heavy (non-hydrogen) atoms. The Morgan fingerprint density at radius 3 is 2.83 bits per heavy atom. The third kappa shape index (κ3) is 3.73. The maximum absolute atomic E-state index is 12.3. The second kappa shape index (κ2) is 7.37. The summed E-state index contributed by atoms with van der Waals surface area (Å²) in [5, 5.41) is 13.5. The van der Waals surface area contributed by atoms with Gasteiger partial charge in [0.15, 0.2) is 0 Å². The third-order valence-corrected chi connectivity index (χ3v) is 5.89. The first-order valence-corrected chi connectivity index (χ1v) is 9.04. The molecule has 3 aliphatic rings. The third-order valence-electron chi connectivity index (χ3n) is 5.89. The number of rotatable bonds is 5. The van der Waals surface area contributed by atoms with Gasteiger partial charge in [0.1, 0.15) is 6.04 Å². The molecule has 2 heterocycles. The lowest BCUT2D eigenvalue weighted by Gasteiger charge is -2.37. The molecule has 1 spiro atoms. The van der Waals surface area contributed by atoms with E-state index in [4.69, 9.17) is 4.74 Å². The summed E-state index contributed by atoms with van der Waals surface area (Å²) in [7, 11) is 1.37. The second-order valence-corrected chi connectivity index (χ2v) is 7.34. The van der Waals surface area contributed by atoms with E-state index in [1.54, 1.807) is 4.90 Å². The highest BCUT2D eigenvalue weighted by Gasteiger charge is 2.51. The fraction of sp³-hybridized carbons (Fsp3) is 0.882. The van der Waals surface area contributed by atoms with Crippen LogP contribution in [0, 0.1) is 5.41 Å². The van der Waals surface area contributed by atoms with Gasteiger partial charge in [0.2, 0.25) is 5.91 Å². The Bertz CT molecular complexity index is 480. The highest BCUT2D eigenvalue weighted by molar-refractivity contribution is 5.84. The number of aliphatic hydroxyl groups excluding tert-OH is 1. The topological polar surface area (TPSA) is 82.1 Å². The monoisotopic (exact) mass is 339 g/mol. The number of ether oxygens (including phenoxy) is 1. The number of amides is 1. The van der Waals surface area contributed by atoms with Crippen LogP contribution in [0.25, 0.3) is 0 Å². The van der Waals surface area contributed by atoms with Crippen LogP contribution in [0.1, 0.15) is 32.1 Å². The molecule has 2 aliphatic heterocycles. The van der Waals surface area contributed by atoms with Gasteiger partial charge in [0.25, 0.3) is 0 Å². The lowest BCUT2D eigenvalue weighted by Crippen LogP contribution is -2.50. The van der Waals surface area contributed by atoms with E-state index in [2.05, 4.69) is 10.2 Å². The summed E-state index contributed by atoms with van der Waals surface area (Å²) in [6.07, 6.45) is 4.02. The molecule has 3 fully saturated rings. The van der Waals surface area contributed by atoms with Gasteiger partial charge in [-0.2, -0.15) is 0 Å².